The fourth-order valence-electron chi connectivity index (χ4n) is 0.979. The Hall–Kier alpha value is -1.91. The van der Waals surface area contributed by atoms with E-state index in [0.29, 0.717) is 12.1 Å². The molecule has 5 heteroatoms. The summed E-state index contributed by atoms with van der Waals surface area (Å²) in [5, 5.41) is 8.80. The Labute approximate surface area is 81.0 Å². The van der Waals surface area contributed by atoms with E-state index < -0.39 is 5.97 Å². The number of pyridine rings is 1. The second-order valence-corrected chi connectivity index (χ2v) is 2.95. The normalized spacial score (nSPS) is 9.57. The average molecular weight is 194 g/mol. The minimum absolute atomic E-state index is 0.0290. The number of nitrogens with zero attached hydrogens (tertiary/aromatic N) is 2. The summed E-state index contributed by atoms with van der Waals surface area (Å²) < 4.78 is 0. The van der Waals surface area contributed by atoms with E-state index in [-0.39, 0.29) is 11.1 Å². The summed E-state index contributed by atoms with van der Waals surface area (Å²) >= 11 is 0. The molecule has 0 saturated carbocycles. The number of carboxylic acid groups (broad SMARTS) is 1. The second kappa shape index (κ2) is 3.87. The number of aromatic nitrogens is 1. The zero-order valence-electron chi connectivity index (χ0n) is 7.89. The number of rotatable bonds is 3. The first kappa shape index (κ1) is 10.2. The molecule has 0 aromatic carbocycles. The first-order valence-corrected chi connectivity index (χ1v) is 3.92. The molecule has 0 fully saturated rings. The summed E-state index contributed by atoms with van der Waals surface area (Å²) in [7, 11) is 3.49. The van der Waals surface area contributed by atoms with Crippen LogP contribution in [0.5, 0.6) is 0 Å². The number of anilines is 1. The third kappa shape index (κ3) is 1.87. The maximum Gasteiger partial charge on any atom is 0.336 e. The smallest absolute Gasteiger partial charge is 0.336 e. The molecule has 0 unspecified atom stereocenters. The van der Waals surface area contributed by atoms with E-state index in [4.69, 9.17) is 5.11 Å². The van der Waals surface area contributed by atoms with Crippen molar-refractivity contribution in [1.82, 2.24) is 4.98 Å². The van der Waals surface area contributed by atoms with Gasteiger partial charge in [0.05, 0.1) is 5.56 Å². The Morgan fingerprint density at radius 2 is 2.21 bits per heavy atom. The van der Waals surface area contributed by atoms with Gasteiger partial charge in [-0.1, -0.05) is 0 Å². The summed E-state index contributed by atoms with van der Waals surface area (Å²) in [6.07, 6.45) is 1.74. The van der Waals surface area contributed by atoms with E-state index in [0.717, 1.165) is 0 Å². The molecule has 0 aliphatic carbocycles. The SMILES string of the molecule is CN(C)c1cc(C(=O)O)c(C=O)cn1. The lowest BCUT2D eigenvalue weighted by atomic mass is 10.1. The second-order valence-electron chi connectivity index (χ2n) is 2.95. The lowest BCUT2D eigenvalue weighted by molar-refractivity contribution is 0.0694. The van der Waals surface area contributed by atoms with Crippen molar-refractivity contribution >= 4 is 18.1 Å². The van der Waals surface area contributed by atoms with Crippen molar-refractivity contribution < 1.29 is 14.7 Å². The number of carbonyl (C=O) groups excluding carboxylic acids is 1. The molecule has 1 aromatic heterocycles. The first-order valence-electron chi connectivity index (χ1n) is 3.92. The molecule has 0 spiro atoms. The molecule has 1 heterocycles. The molecule has 14 heavy (non-hydrogen) atoms. The number of aromatic carboxylic acids is 1. The van der Waals surface area contributed by atoms with Gasteiger partial charge in [-0.2, -0.15) is 0 Å². The van der Waals surface area contributed by atoms with E-state index in [2.05, 4.69) is 4.98 Å². The largest absolute Gasteiger partial charge is 0.478 e. The molecule has 1 N–H and O–H groups in total. The number of hydrogen-bond acceptors (Lipinski definition) is 4. The molecule has 0 bridgehead atoms. The minimum Gasteiger partial charge on any atom is -0.478 e. The highest BCUT2D eigenvalue weighted by Crippen LogP contribution is 2.13. The lowest BCUT2D eigenvalue weighted by Crippen LogP contribution is -2.13. The highest BCUT2D eigenvalue weighted by Gasteiger charge is 2.11. The van der Waals surface area contributed by atoms with Crippen molar-refractivity contribution in [1.29, 1.82) is 0 Å². The van der Waals surface area contributed by atoms with Crippen molar-refractivity contribution in [2.45, 2.75) is 0 Å². The fourth-order valence-corrected chi connectivity index (χ4v) is 0.979. The average Bonchev–Trinajstić information content (AvgIpc) is 2.16. The Kier molecular flexibility index (Phi) is 2.81. The molecular weight excluding hydrogens is 184 g/mol. The van der Waals surface area contributed by atoms with Crippen molar-refractivity contribution in [3.05, 3.63) is 23.4 Å². The molecule has 0 aliphatic rings. The van der Waals surface area contributed by atoms with Gasteiger partial charge in [0.25, 0.3) is 0 Å². The summed E-state index contributed by atoms with van der Waals surface area (Å²) in [6, 6.07) is 1.37. The molecule has 0 saturated heterocycles. The number of hydrogen-bond donors (Lipinski definition) is 1. The van der Waals surface area contributed by atoms with Gasteiger partial charge in [0.1, 0.15) is 5.82 Å². The summed E-state index contributed by atoms with van der Waals surface area (Å²) in [4.78, 5) is 26.8. The quantitative estimate of drug-likeness (QED) is 0.715. The Balaban J connectivity index is 3.27. The topological polar surface area (TPSA) is 70.5 Å². The molecule has 74 valence electrons. The van der Waals surface area contributed by atoms with Gasteiger partial charge < -0.3 is 10.0 Å². The molecular formula is C9H10N2O3. The Bertz CT molecular complexity index is 374. The van der Waals surface area contributed by atoms with Crippen LogP contribution in [-0.2, 0) is 0 Å². The molecule has 1 aromatic rings. The van der Waals surface area contributed by atoms with Crippen LogP contribution in [0.4, 0.5) is 5.82 Å². The zero-order valence-corrected chi connectivity index (χ0v) is 7.89. The molecule has 0 radical (unpaired) electrons. The highest BCUT2D eigenvalue weighted by atomic mass is 16.4. The van der Waals surface area contributed by atoms with Gasteiger partial charge in [-0.3, -0.25) is 4.79 Å². The first-order chi connectivity index (χ1) is 6.56. The Morgan fingerprint density at radius 3 is 2.64 bits per heavy atom. The van der Waals surface area contributed by atoms with Crippen LogP contribution in [0.15, 0.2) is 12.3 Å². The Morgan fingerprint density at radius 1 is 1.57 bits per heavy atom. The van der Waals surface area contributed by atoms with Crippen molar-refractivity contribution in [3.63, 3.8) is 0 Å². The number of aldehydes is 1. The van der Waals surface area contributed by atoms with Gasteiger partial charge >= 0.3 is 5.97 Å². The third-order valence-electron chi connectivity index (χ3n) is 1.74. The summed E-state index contributed by atoms with van der Waals surface area (Å²) in [5.74, 6) is -0.620. The predicted molar refractivity (Wildman–Crippen MR) is 50.9 cm³/mol. The van der Waals surface area contributed by atoms with Gasteiger partial charge in [0.2, 0.25) is 0 Å². The molecule has 0 atom stereocenters. The standard InChI is InChI=1S/C9H10N2O3/c1-11(2)8-3-7(9(13)14)6(5-12)4-10-8/h3-5H,1-2H3,(H,13,14). The van der Waals surface area contributed by atoms with Gasteiger partial charge in [-0.05, 0) is 6.07 Å². The summed E-state index contributed by atoms with van der Waals surface area (Å²) in [6.45, 7) is 0. The number of carboxylic acids is 1. The van der Waals surface area contributed by atoms with Gasteiger partial charge in [0, 0.05) is 25.9 Å². The number of carbonyl (C=O) groups is 2. The van der Waals surface area contributed by atoms with E-state index >= 15 is 0 Å². The fraction of sp³-hybridized carbons (Fsp3) is 0.222. The van der Waals surface area contributed by atoms with E-state index in [1.807, 2.05) is 0 Å². The van der Waals surface area contributed by atoms with E-state index in [9.17, 15) is 9.59 Å². The van der Waals surface area contributed by atoms with Crippen LogP contribution in [0, 0.1) is 0 Å². The maximum atomic E-state index is 10.8. The van der Waals surface area contributed by atoms with Gasteiger partial charge in [-0.25, -0.2) is 9.78 Å². The zero-order chi connectivity index (χ0) is 10.7. The minimum atomic E-state index is -1.13. The molecule has 0 aliphatic heterocycles. The van der Waals surface area contributed by atoms with Crippen molar-refractivity contribution in [2.75, 3.05) is 19.0 Å². The van der Waals surface area contributed by atoms with Crippen molar-refractivity contribution in [2.24, 2.45) is 0 Å². The van der Waals surface area contributed by atoms with Crippen LogP contribution < -0.4 is 4.90 Å². The van der Waals surface area contributed by atoms with Gasteiger partial charge in [-0.15, -0.1) is 0 Å². The van der Waals surface area contributed by atoms with Crippen molar-refractivity contribution in [3.8, 4) is 0 Å². The van der Waals surface area contributed by atoms with E-state index in [1.54, 1.807) is 19.0 Å². The van der Waals surface area contributed by atoms with Crippen LogP contribution >= 0.6 is 0 Å². The van der Waals surface area contributed by atoms with Gasteiger partial charge in [0.15, 0.2) is 6.29 Å². The maximum absolute atomic E-state index is 10.8. The molecule has 5 nitrogen and oxygen atoms in total. The van der Waals surface area contributed by atoms with Crippen LogP contribution in [0.1, 0.15) is 20.7 Å². The van der Waals surface area contributed by atoms with Crippen LogP contribution in [0.2, 0.25) is 0 Å². The molecule has 0 amide bonds. The molecule has 1 rings (SSSR count). The predicted octanol–water partition coefficient (Wildman–Crippen LogP) is 0.658. The van der Waals surface area contributed by atoms with Crippen LogP contribution in [0.25, 0.3) is 0 Å². The highest BCUT2D eigenvalue weighted by molar-refractivity contribution is 5.97. The summed E-state index contributed by atoms with van der Waals surface area (Å²) in [5.41, 5.74) is 0.0572. The third-order valence-corrected chi connectivity index (χ3v) is 1.74. The van der Waals surface area contributed by atoms with Crippen LogP contribution in [-0.4, -0.2) is 36.4 Å². The lowest BCUT2D eigenvalue weighted by Gasteiger charge is -2.11. The monoisotopic (exact) mass is 194 g/mol. The van der Waals surface area contributed by atoms with E-state index in [1.165, 1.54) is 12.3 Å². The van der Waals surface area contributed by atoms with Crippen LogP contribution in [0.3, 0.4) is 0 Å².